The molecule has 0 aliphatic carbocycles. The van der Waals surface area contributed by atoms with E-state index in [-0.39, 0.29) is 37.7 Å². The van der Waals surface area contributed by atoms with Gasteiger partial charge in [0.1, 0.15) is 18.1 Å². The number of hydrogen-bond donors (Lipinski definition) is 8. The number of H-pyrrole nitrogens is 1. The Labute approximate surface area is 262 Å². The molecular weight excluding hydrogens is 576 g/mol. The largest absolute Gasteiger partial charge is 0.480 e. The van der Waals surface area contributed by atoms with E-state index in [4.69, 9.17) is 17.2 Å². The summed E-state index contributed by atoms with van der Waals surface area (Å²) in [6.45, 7) is 3.74. The van der Waals surface area contributed by atoms with Crippen LogP contribution in [0.15, 0.2) is 65.8 Å². The van der Waals surface area contributed by atoms with Crippen molar-refractivity contribution in [3.05, 3.63) is 71.9 Å². The van der Waals surface area contributed by atoms with Crippen molar-refractivity contribution in [3.8, 4) is 0 Å². The second-order valence-electron chi connectivity index (χ2n) is 11.1. The standard InChI is InChI=1S/C32H44N8O5/c1-3-19(2)27(31(44)45)40-29(42)25(14-9-15-36-32(34)35)38-30(43)26(16-20-10-5-4-6-11-20)39-28(41)23(33)17-21-18-37-24-13-8-7-12-22(21)24/h4-8,10-13,18-19,23,25-27,37H,3,9,14-17,33H2,1-2H3,(H,38,43)(H,39,41)(H,40,42)(H,44,45)(H4,34,35,36). The predicted octanol–water partition coefficient (Wildman–Crippen LogP) is 0.919. The average Bonchev–Trinajstić information content (AvgIpc) is 3.43. The van der Waals surface area contributed by atoms with Crippen molar-refractivity contribution in [2.75, 3.05) is 6.54 Å². The maximum absolute atomic E-state index is 13.7. The highest BCUT2D eigenvalue weighted by Gasteiger charge is 2.32. The summed E-state index contributed by atoms with van der Waals surface area (Å²) in [5.74, 6) is -3.47. The number of rotatable bonds is 17. The molecule has 0 aliphatic heterocycles. The number of nitrogens with two attached hydrogens (primary N) is 3. The van der Waals surface area contributed by atoms with Crippen LogP contribution in [0.2, 0.25) is 0 Å². The smallest absolute Gasteiger partial charge is 0.326 e. The van der Waals surface area contributed by atoms with Gasteiger partial charge < -0.3 is 43.2 Å². The SMILES string of the molecule is CCC(C)C(NC(=O)C(CCCN=C(N)N)NC(=O)C(Cc1ccccc1)NC(=O)C(N)Cc1c[nH]c2ccccc12)C(=O)O. The highest BCUT2D eigenvalue weighted by atomic mass is 16.4. The van der Waals surface area contributed by atoms with E-state index in [9.17, 15) is 24.3 Å². The van der Waals surface area contributed by atoms with Crippen molar-refractivity contribution in [1.82, 2.24) is 20.9 Å². The summed E-state index contributed by atoms with van der Waals surface area (Å²) in [6, 6.07) is 12.5. The topological polar surface area (TPSA) is 231 Å². The van der Waals surface area contributed by atoms with Crippen LogP contribution in [0.25, 0.3) is 10.9 Å². The summed E-state index contributed by atoms with van der Waals surface area (Å²) < 4.78 is 0. The molecule has 0 spiro atoms. The minimum absolute atomic E-state index is 0.114. The van der Waals surface area contributed by atoms with E-state index in [1.54, 1.807) is 13.1 Å². The van der Waals surface area contributed by atoms with Crippen molar-refractivity contribution < 1.29 is 24.3 Å². The van der Waals surface area contributed by atoms with Crippen molar-refractivity contribution >= 4 is 40.6 Å². The molecule has 242 valence electrons. The molecule has 13 heteroatoms. The van der Waals surface area contributed by atoms with Crippen LogP contribution in [0.5, 0.6) is 0 Å². The maximum atomic E-state index is 13.7. The van der Waals surface area contributed by atoms with Gasteiger partial charge in [-0.15, -0.1) is 0 Å². The lowest BCUT2D eigenvalue weighted by Gasteiger charge is -2.26. The van der Waals surface area contributed by atoms with E-state index < -0.39 is 47.9 Å². The number of aromatic nitrogens is 1. The van der Waals surface area contributed by atoms with E-state index in [1.165, 1.54) is 0 Å². The first-order chi connectivity index (χ1) is 21.5. The van der Waals surface area contributed by atoms with E-state index in [1.807, 2.05) is 61.5 Å². The molecule has 5 atom stereocenters. The maximum Gasteiger partial charge on any atom is 0.326 e. The number of aromatic amines is 1. The monoisotopic (exact) mass is 620 g/mol. The molecule has 1 aromatic heterocycles. The van der Waals surface area contributed by atoms with Gasteiger partial charge in [0, 0.05) is 30.1 Å². The number of benzene rings is 2. The molecule has 0 radical (unpaired) electrons. The Bertz CT molecular complexity index is 1470. The fraction of sp³-hybridized carbons (Fsp3) is 0.406. The van der Waals surface area contributed by atoms with Crippen LogP contribution in [0, 0.1) is 5.92 Å². The number of guanidine groups is 1. The van der Waals surface area contributed by atoms with Crippen molar-refractivity contribution in [2.45, 2.75) is 70.1 Å². The number of carboxylic acids is 1. The molecule has 5 unspecified atom stereocenters. The number of carbonyl (C=O) groups is 4. The number of nitrogens with one attached hydrogen (secondary N) is 4. The normalized spacial score (nSPS) is 14.4. The molecule has 11 N–H and O–H groups in total. The Morgan fingerprint density at radius 1 is 0.889 bits per heavy atom. The van der Waals surface area contributed by atoms with Gasteiger partial charge in [-0.3, -0.25) is 19.4 Å². The molecule has 0 fully saturated rings. The highest BCUT2D eigenvalue weighted by Crippen LogP contribution is 2.19. The Morgan fingerprint density at radius 3 is 2.20 bits per heavy atom. The minimum atomic E-state index is -1.18. The number of amides is 3. The first-order valence-electron chi connectivity index (χ1n) is 15.0. The third-order valence-corrected chi connectivity index (χ3v) is 7.72. The summed E-state index contributed by atoms with van der Waals surface area (Å²) in [5, 5.41) is 18.7. The molecule has 2 aromatic carbocycles. The van der Waals surface area contributed by atoms with Gasteiger partial charge in [0.15, 0.2) is 5.96 Å². The first-order valence-corrected chi connectivity index (χ1v) is 15.0. The highest BCUT2D eigenvalue weighted by molar-refractivity contribution is 5.94. The van der Waals surface area contributed by atoms with Crippen LogP contribution in [0.4, 0.5) is 0 Å². The molecule has 1 heterocycles. The van der Waals surface area contributed by atoms with Crippen LogP contribution >= 0.6 is 0 Å². The predicted molar refractivity (Wildman–Crippen MR) is 173 cm³/mol. The van der Waals surface area contributed by atoms with E-state index in [0.29, 0.717) is 12.8 Å². The molecule has 3 aromatic rings. The van der Waals surface area contributed by atoms with Gasteiger partial charge in [-0.2, -0.15) is 0 Å². The second kappa shape index (κ2) is 16.8. The Balaban J connectivity index is 1.80. The zero-order valence-corrected chi connectivity index (χ0v) is 25.7. The molecular formula is C32H44N8O5. The minimum Gasteiger partial charge on any atom is -0.480 e. The first kappa shape index (κ1) is 34.6. The van der Waals surface area contributed by atoms with E-state index in [2.05, 4.69) is 25.9 Å². The quantitative estimate of drug-likeness (QED) is 0.0613. The number of hydrogen-bond acceptors (Lipinski definition) is 6. The number of nitrogens with zero attached hydrogens (tertiary/aromatic N) is 1. The number of aliphatic imine (C=N–C) groups is 1. The summed E-state index contributed by atoms with van der Waals surface area (Å²) in [7, 11) is 0. The fourth-order valence-corrected chi connectivity index (χ4v) is 4.95. The molecule has 0 saturated heterocycles. The van der Waals surface area contributed by atoms with Crippen molar-refractivity contribution in [3.63, 3.8) is 0 Å². The van der Waals surface area contributed by atoms with Crippen molar-refractivity contribution in [1.29, 1.82) is 0 Å². The lowest BCUT2D eigenvalue weighted by molar-refractivity contribution is -0.144. The Kier molecular flexibility index (Phi) is 12.9. The van der Waals surface area contributed by atoms with Gasteiger partial charge in [0.2, 0.25) is 17.7 Å². The summed E-state index contributed by atoms with van der Waals surface area (Å²) in [4.78, 5) is 59.4. The van der Waals surface area contributed by atoms with Gasteiger partial charge >= 0.3 is 5.97 Å². The van der Waals surface area contributed by atoms with Gasteiger partial charge in [-0.05, 0) is 42.4 Å². The van der Waals surface area contributed by atoms with Crippen LogP contribution in [0.3, 0.4) is 0 Å². The summed E-state index contributed by atoms with van der Waals surface area (Å²) in [5.41, 5.74) is 19.7. The van der Waals surface area contributed by atoms with Crippen LogP contribution < -0.4 is 33.2 Å². The lowest BCUT2D eigenvalue weighted by atomic mass is 9.98. The third-order valence-electron chi connectivity index (χ3n) is 7.72. The summed E-state index contributed by atoms with van der Waals surface area (Å²) in [6.07, 6.45) is 3.13. The molecule has 0 bridgehead atoms. The zero-order chi connectivity index (χ0) is 32.9. The van der Waals surface area contributed by atoms with Gasteiger partial charge in [-0.1, -0.05) is 68.8 Å². The molecule has 0 aliphatic rings. The van der Waals surface area contributed by atoms with Crippen molar-refractivity contribution in [2.24, 2.45) is 28.1 Å². The van der Waals surface area contributed by atoms with Gasteiger partial charge in [-0.25, -0.2) is 4.79 Å². The second-order valence-corrected chi connectivity index (χ2v) is 11.1. The Hall–Kier alpha value is -4.91. The number of para-hydroxylation sites is 1. The van der Waals surface area contributed by atoms with E-state index in [0.717, 1.165) is 22.0 Å². The number of carbonyl (C=O) groups excluding carboxylic acids is 3. The lowest BCUT2D eigenvalue weighted by Crippen LogP contribution is -2.58. The molecule has 13 nitrogen and oxygen atoms in total. The molecule has 0 saturated carbocycles. The average molecular weight is 621 g/mol. The fourth-order valence-electron chi connectivity index (χ4n) is 4.95. The Morgan fingerprint density at radius 2 is 1.53 bits per heavy atom. The third kappa shape index (κ3) is 10.3. The zero-order valence-electron chi connectivity index (χ0n) is 25.7. The number of fused-ring (bicyclic) bond motifs is 1. The van der Waals surface area contributed by atoms with Gasteiger partial charge in [0.05, 0.1) is 6.04 Å². The molecule has 3 amide bonds. The van der Waals surface area contributed by atoms with Crippen LogP contribution in [0.1, 0.15) is 44.2 Å². The number of aliphatic carboxylic acids is 1. The number of carboxylic acid groups (broad SMARTS) is 1. The molecule has 45 heavy (non-hydrogen) atoms. The van der Waals surface area contributed by atoms with Gasteiger partial charge in [0.25, 0.3) is 0 Å². The van der Waals surface area contributed by atoms with Crippen LogP contribution in [-0.2, 0) is 32.0 Å². The summed E-state index contributed by atoms with van der Waals surface area (Å²) >= 11 is 0. The van der Waals surface area contributed by atoms with Crippen LogP contribution in [-0.4, -0.2) is 70.5 Å². The molecule has 3 rings (SSSR count). The van der Waals surface area contributed by atoms with E-state index >= 15 is 0 Å².